The number of hydrogen-bond acceptors (Lipinski definition) is 3. The number of hydrogen-bond donors (Lipinski definition) is 0. The van der Waals surface area contributed by atoms with Crippen LogP contribution in [0.4, 0.5) is 0 Å². The first-order valence-corrected chi connectivity index (χ1v) is 7.28. The highest BCUT2D eigenvalue weighted by molar-refractivity contribution is 6.42. The van der Waals surface area contributed by atoms with Crippen LogP contribution in [-0.4, -0.2) is 37.6 Å². The van der Waals surface area contributed by atoms with Crippen molar-refractivity contribution in [3.63, 3.8) is 0 Å². The lowest BCUT2D eigenvalue weighted by atomic mass is 9.89. The molecule has 0 N–H and O–H groups in total. The van der Waals surface area contributed by atoms with Crippen molar-refractivity contribution in [2.24, 2.45) is 5.92 Å². The van der Waals surface area contributed by atoms with Crippen molar-refractivity contribution in [2.75, 3.05) is 26.7 Å². The van der Waals surface area contributed by atoms with E-state index in [1.54, 1.807) is 12.1 Å². The zero-order valence-corrected chi connectivity index (χ0v) is 13.0. The number of nitrogens with zero attached hydrogens (tertiary/aromatic N) is 1. The number of esters is 1. The summed E-state index contributed by atoms with van der Waals surface area (Å²) in [5.74, 6) is -0.508. The van der Waals surface area contributed by atoms with E-state index in [1.807, 2.05) is 6.07 Å². The van der Waals surface area contributed by atoms with Crippen LogP contribution in [-0.2, 0) is 9.53 Å². The van der Waals surface area contributed by atoms with Crippen molar-refractivity contribution in [3.8, 4) is 0 Å². The van der Waals surface area contributed by atoms with Gasteiger partial charge in [-0.3, -0.25) is 9.69 Å². The molecule has 20 heavy (non-hydrogen) atoms. The average molecular weight is 314 g/mol. The first-order chi connectivity index (χ1) is 9.56. The summed E-state index contributed by atoms with van der Waals surface area (Å²) in [5.41, 5.74) is 1.88. The number of carbonyl (C=O) groups is 1. The van der Waals surface area contributed by atoms with Crippen molar-refractivity contribution in [3.05, 3.63) is 39.9 Å². The summed E-state index contributed by atoms with van der Waals surface area (Å²) in [6, 6.07) is 5.44. The van der Waals surface area contributed by atoms with Crippen LogP contribution in [0.15, 0.2) is 24.3 Å². The number of rotatable bonds is 3. The number of likely N-dealkylation sites (N-methyl/N-ethyl adjacent to an activating group) is 1. The summed E-state index contributed by atoms with van der Waals surface area (Å²) in [7, 11) is 1.42. The fourth-order valence-corrected chi connectivity index (χ4v) is 2.70. The fourth-order valence-electron chi connectivity index (χ4n) is 2.40. The molecule has 1 heterocycles. The van der Waals surface area contributed by atoms with E-state index in [9.17, 15) is 4.79 Å². The molecule has 1 aliphatic heterocycles. The first-order valence-electron chi connectivity index (χ1n) is 6.52. The highest BCUT2D eigenvalue weighted by atomic mass is 35.5. The molecular formula is C15H17Cl2NO2. The lowest BCUT2D eigenvalue weighted by Crippen LogP contribution is -2.38. The molecule has 5 heteroatoms. The zero-order valence-electron chi connectivity index (χ0n) is 11.5. The Kier molecular flexibility index (Phi) is 5.08. The van der Waals surface area contributed by atoms with Gasteiger partial charge in [0.2, 0.25) is 0 Å². The largest absolute Gasteiger partial charge is 0.469 e. The van der Waals surface area contributed by atoms with Gasteiger partial charge in [0.05, 0.1) is 23.1 Å². The second-order valence-electron chi connectivity index (χ2n) is 4.72. The van der Waals surface area contributed by atoms with Gasteiger partial charge in [0.25, 0.3) is 0 Å². The standard InChI is InChI=1S/C15H17Cl2NO2/c1-3-18-7-6-11(12(9-18)15(19)20-2)10-4-5-13(16)14(17)8-10/h4-6,8,12H,3,7,9H2,1-2H3. The molecule has 0 aliphatic carbocycles. The highest BCUT2D eigenvalue weighted by Gasteiger charge is 2.29. The molecule has 0 spiro atoms. The molecule has 0 radical (unpaired) electrons. The van der Waals surface area contributed by atoms with E-state index in [0.717, 1.165) is 24.2 Å². The Balaban J connectivity index is 2.37. The maximum Gasteiger partial charge on any atom is 0.314 e. The van der Waals surface area contributed by atoms with Gasteiger partial charge in [0.15, 0.2) is 0 Å². The number of carbonyl (C=O) groups excluding carboxylic acids is 1. The Hall–Kier alpha value is -1.03. The van der Waals surface area contributed by atoms with Gasteiger partial charge in [-0.2, -0.15) is 0 Å². The van der Waals surface area contributed by atoms with Crippen LogP contribution >= 0.6 is 23.2 Å². The van der Waals surface area contributed by atoms with Gasteiger partial charge in [0, 0.05) is 13.1 Å². The number of benzene rings is 1. The van der Waals surface area contributed by atoms with Gasteiger partial charge in [-0.05, 0) is 29.8 Å². The van der Waals surface area contributed by atoms with E-state index >= 15 is 0 Å². The SMILES string of the molecule is CCN1CC=C(c2ccc(Cl)c(Cl)c2)C(C(=O)OC)C1. The first kappa shape index (κ1) is 15.4. The van der Waals surface area contributed by atoms with Crippen LogP contribution in [0.5, 0.6) is 0 Å². The zero-order chi connectivity index (χ0) is 14.7. The van der Waals surface area contributed by atoms with E-state index in [0.29, 0.717) is 16.6 Å². The van der Waals surface area contributed by atoms with E-state index in [2.05, 4.69) is 17.9 Å². The summed E-state index contributed by atoms with van der Waals surface area (Å²) in [6.07, 6.45) is 2.06. The van der Waals surface area contributed by atoms with Crippen LogP contribution in [0.2, 0.25) is 10.0 Å². The molecule has 1 aliphatic rings. The van der Waals surface area contributed by atoms with Crippen LogP contribution < -0.4 is 0 Å². The second-order valence-corrected chi connectivity index (χ2v) is 5.53. The molecule has 2 rings (SSSR count). The molecule has 0 saturated heterocycles. The van der Waals surface area contributed by atoms with Crippen LogP contribution in [0.3, 0.4) is 0 Å². The van der Waals surface area contributed by atoms with E-state index < -0.39 is 0 Å². The predicted molar refractivity (Wildman–Crippen MR) is 82.1 cm³/mol. The molecule has 1 atom stereocenters. The maximum atomic E-state index is 12.0. The van der Waals surface area contributed by atoms with Gasteiger partial charge in [-0.25, -0.2) is 0 Å². The molecule has 1 aromatic carbocycles. The Morgan fingerprint density at radius 3 is 2.75 bits per heavy atom. The van der Waals surface area contributed by atoms with Crippen molar-refractivity contribution < 1.29 is 9.53 Å². The third-order valence-corrected chi connectivity index (χ3v) is 4.31. The molecular weight excluding hydrogens is 297 g/mol. The maximum absolute atomic E-state index is 12.0. The lowest BCUT2D eigenvalue weighted by molar-refractivity contribution is -0.144. The van der Waals surface area contributed by atoms with Gasteiger partial charge in [-0.15, -0.1) is 0 Å². The predicted octanol–water partition coefficient (Wildman–Crippen LogP) is 3.50. The Labute approximate surface area is 129 Å². The summed E-state index contributed by atoms with van der Waals surface area (Å²) >= 11 is 12.0. The fraction of sp³-hybridized carbons (Fsp3) is 0.400. The van der Waals surface area contributed by atoms with Crippen molar-refractivity contribution in [1.29, 1.82) is 0 Å². The molecule has 3 nitrogen and oxygen atoms in total. The lowest BCUT2D eigenvalue weighted by Gasteiger charge is -2.31. The summed E-state index contributed by atoms with van der Waals surface area (Å²) in [5, 5.41) is 1.00. The third kappa shape index (κ3) is 3.17. The molecule has 0 fully saturated rings. The van der Waals surface area contributed by atoms with Crippen LogP contribution in [0, 0.1) is 5.92 Å². The molecule has 0 amide bonds. The minimum absolute atomic E-state index is 0.222. The van der Waals surface area contributed by atoms with Gasteiger partial charge < -0.3 is 4.74 Å². The Morgan fingerprint density at radius 2 is 2.15 bits per heavy atom. The quantitative estimate of drug-likeness (QED) is 0.800. The number of methoxy groups -OCH3 is 1. The highest BCUT2D eigenvalue weighted by Crippen LogP contribution is 2.32. The van der Waals surface area contributed by atoms with Gasteiger partial charge in [-0.1, -0.05) is 42.3 Å². The number of halogens is 2. The topological polar surface area (TPSA) is 29.5 Å². The van der Waals surface area contributed by atoms with Crippen molar-refractivity contribution in [2.45, 2.75) is 6.92 Å². The second kappa shape index (κ2) is 6.61. The van der Waals surface area contributed by atoms with Gasteiger partial charge in [0.1, 0.15) is 0 Å². The molecule has 0 aromatic heterocycles. The Morgan fingerprint density at radius 1 is 1.40 bits per heavy atom. The minimum atomic E-state index is -0.286. The molecule has 0 saturated carbocycles. The molecule has 0 bridgehead atoms. The summed E-state index contributed by atoms with van der Waals surface area (Å²) < 4.78 is 4.92. The number of ether oxygens (including phenoxy) is 1. The van der Waals surface area contributed by atoms with Crippen molar-refractivity contribution in [1.82, 2.24) is 4.90 Å². The third-order valence-electron chi connectivity index (χ3n) is 3.57. The van der Waals surface area contributed by atoms with E-state index in [-0.39, 0.29) is 11.9 Å². The Bertz CT molecular complexity index is 543. The van der Waals surface area contributed by atoms with Gasteiger partial charge >= 0.3 is 5.97 Å². The van der Waals surface area contributed by atoms with Crippen LogP contribution in [0.1, 0.15) is 12.5 Å². The minimum Gasteiger partial charge on any atom is -0.469 e. The monoisotopic (exact) mass is 313 g/mol. The molecule has 1 unspecified atom stereocenters. The van der Waals surface area contributed by atoms with Crippen molar-refractivity contribution >= 4 is 34.7 Å². The van der Waals surface area contributed by atoms with E-state index in [1.165, 1.54) is 7.11 Å². The smallest absolute Gasteiger partial charge is 0.314 e. The normalized spacial score (nSPS) is 19.6. The molecule has 108 valence electrons. The average Bonchev–Trinajstić information content (AvgIpc) is 2.48. The van der Waals surface area contributed by atoms with E-state index in [4.69, 9.17) is 27.9 Å². The molecule has 1 aromatic rings. The summed E-state index contributed by atoms with van der Waals surface area (Å²) in [6.45, 7) is 4.46. The summed E-state index contributed by atoms with van der Waals surface area (Å²) in [4.78, 5) is 14.2. The van der Waals surface area contributed by atoms with Crippen LogP contribution in [0.25, 0.3) is 5.57 Å².